The Morgan fingerprint density at radius 1 is 1.11 bits per heavy atom. The topological polar surface area (TPSA) is 144 Å². The zero-order valence-electron chi connectivity index (χ0n) is 20.7. The number of aromatic nitrogens is 2. The van der Waals surface area contributed by atoms with Crippen molar-refractivity contribution in [3.63, 3.8) is 0 Å². The molecule has 5 rings (SSSR count). The van der Waals surface area contributed by atoms with Gasteiger partial charge in [0.25, 0.3) is 5.91 Å². The monoisotopic (exact) mass is 539 g/mol. The van der Waals surface area contributed by atoms with Gasteiger partial charge >= 0.3 is 5.97 Å². The van der Waals surface area contributed by atoms with Crippen LogP contribution < -0.4 is 10.6 Å². The lowest BCUT2D eigenvalue weighted by Gasteiger charge is -2.34. The number of carbonyl (C=O) groups is 4. The first-order chi connectivity index (χ1) is 18.3. The fourth-order valence-corrected chi connectivity index (χ4v) is 5.15. The molecule has 3 amide bonds. The van der Waals surface area contributed by atoms with Crippen molar-refractivity contribution in [2.24, 2.45) is 5.92 Å². The Labute approximate surface area is 222 Å². The van der Waals surface area contributed by atoms with Gasteiger partial charge in [-0.2, -0.15) is 0 Å². The number of hydrogen-bond donors (Lipinski definition) is 2. The van der Waals surface area contributed by atoms with Gasteiger partial charge in [0.2, 0.25) is 17.6 Å². The molecule has 1 aliphatic carbocycles. The van der Waals surface area contributed by atoms with E-state index in [0.29, 0.717) is 24.3 Å². The summed E-state index contributed by atoms with van der Waals surface area (Å²) in [7, 11) is 1.24. The molecular formula is C26H26ClN5O6. The Kier molecular flexibility index (Phi) is 7.28. The van der Waals surface area contributed by atoms with E-state index in [1.165, 1.54) is 31.6 Å². The third kappa shape index (κ3) is 5.19. The van der Waals surface area contributed by atoms with Crippen molar-refractivity contribution < 1.29 is 28.3 Å². The van der Waals surface area contributed by atoms with E-state index in [2.05, 4.69) is 20.6 Å². The Bertz CT molecular complexity index is 1400. The lowest BCUT2D eigenvalue weighted by Crippen LogP contribution is -2.40. The van der Waals surface area contributed by atoms with Gasteiger partial charge in [-0.05, 0) is 50.3 Å². The SMILES string of the molecule is COC(=O)c1cnc2c(NC(=O)C3CCC(N4CCCC4=O)CC3)c(C(=O)Nc3ccc(Cl)cn3)oc2c1. The number of ether oxygens (including phenoxy) is 1. The Balaban J connectivity index is 1.38. The molecule has 2 aliphatic rings. The first kappa shape index (κ1) is 25.7. The maximum absolute atomic E-state index is 13.3. The molecule has 1 aliphatic heterocycles. The van der Waals surface area contributed by atoms with E-state index in [0.717, 1.165) is 25.8 Å². The van der Waals surface area contributed by atoms with E-state index >= 15 is 0 Å². The van der Waals surface area contributed by atoms with Crippen LogP contribution in [-0.2, 0) is 14.3 Å². The predicted octanol–water partition coefficient (Wildman–Crippen LogP) is 4.03. The molecule has 0 radical (unpaired) electrons. The summed E-state index contributed by atoms with van der Waals surface area (Å²) < 4.78 is 10.5. The lowest BCUT2D eigenvalue weighted by atomic mass is 9.84. The second-order valence-electron chi connectivity index (χ2n) is 9.37. The number of esters is 1. The minimum absolute atomic E-state index is 0.102. The number of pyridine rings is 2. The van der Waals surface area contributed by atoms with Crippen LogP contribution in [0.4, 0.5) is 11.5 Å². The number of hydrogen-bond acceptors (Lipinski definition) is 8. The standard InChI is InChI=1S/C26H26ClN5O6/c1-37-26(36)15-11-18-21(29-12-15)22(23(38-18)25(35)30-19-9-6-16(27)13-28-19)31-24(34)14-4-7-17(8-5-14)32-10-2-3-20(32)33/h6,9,11-14,17H,2-5,7-8,10H2,1H3,(H,31,34)(H,28,30,35). The number of nitrogens with zero attached hydrogens (tertiary/aromatic N) is 3. The number of halogens is 1. The number of nitrogens with one attached hydrogen (secondary N) is 2. The van der Waals surface area contributed by atoms with Crippen LogP contribution in [0.25, 0.3) is 11.1 Å². The smallest absolute Gasteiger partial charge is 0.339 e. The van der Waals surface area contributed by atoms with Gasteiger partial charge in [-0.15, -0.1) is 0 Å². The molecule has 4 heterocycles. The van der Waals surface area contributed by atoms with Gasteiger partial charge in [0, 0.05) is 37.3 Å². The summed E-state index contributed by atoms with van der Waals surface area (Å²) in [6, 6.07) is 4.66. The highest BCUT2D eigenvalue weighted by Gasteiger charge is 2.34. The molecule has 2 fully saturated rings. The third-order valence-corrected chi connectivity index (χ3v) is 7.21. The van der Waals surface area contributed by atoms with E-state index < -0.39 is 11.9 Å². The molecule has 3 aromatic rings. The number of fused-ring (bicyclic) bond motifs is 1. The van der Waals surface area contributed by atoms with Crippen LogP contribution in [0.1, 0.15) is 59.4 Å². The third-order valence-electron chi connectivity index (χ3n) is 6.99. The molecule has 3 aromatic heterocycles. The molecule has 12 heteroatoms. The van der Waals surface area contributed by atoms with Gasteiger partial charge < -0.3 is 24.7 Å². The van der Waals surface area contributed by atoms with Gasteiger partial charge in [0.15, 0.2) is 5.58 Å². The second-order valence-corrected chi connectivity index (χ2v) is 9.81. The van der Waals surface area contributed by atoms with Gasteiger partial charge in [0.05, 0.1) is 17.7 Å². The molecule has 2 N–H and O–H groups in total. The van der Waals surface area contributed by atoms with Crippen molar-refractivity contribution in [1.29, 1.82) is 0 Å². The highest BCUT2D eigenvalue weighted by atomic mass is 35.5. The zero-order valence-corrected chi connectivity index (χ0v) is 21.4. The van der Waals surface area contributed by atoms with Crippen LogP contribution in [0, 0.1) is 5.92 Å². The number of rotatable bonds is 6. The van der Waals surface area contributed by atoms with Crippen LogP contribution in [0.15, 0.2) is 35.0 Å². The van der Waals surface area contributed by atoms with Crippen LogP contribution in [0.3, 0.4) is 0 Å². The van der Waals surface area contributed by atoms with E-state index in [1.54, 1.807) is 6.07 Å². The number of anilines is 2. The fraction of sp³-hybridized carbons (Fsp3) is 0.385. The highest BCUT2D eigenvalue weighted by molar-refractivity contribution is 6.30. The molecule has 0 unspecified atom stereocenters. The number of methoxy groups -OCH3 is 1. The van der Waals surface area contributed by atoms with E-state index in [-0.39, 0.29) is 57.7 Å². The maximum atomic E-state index is 13.3. The largest absolute Gasteiger partial charge is 0.465 e. The normalized spacial score (nSPS) is 19.4. The Morgan fingerprint density at radius 2 is 1.89 bits per heavy atom. The van der Waals surface area contributed by atoms with Crippen LogP contribution in [0.5, 0.6) is 0 Å². The fourth-order valence-electron chi connectivity index (χ4n) is 5.04. The first-order valence-electron chi connectivity index (χ1n) is 12.4. The molecule has 0 bridgehead atoms. The number of carbonyl (C=O) groups excluding carboxylic acids is 4. The Hall–Kier alpha value is -3.99. The number of likely N-dealkylation sites (tertiary alicyclic amines) is 1. The van der Waals surface area contributed by atoms with Crippen molar-refractivity contribution in [3.8, 4) is 0 Å². The van der Waals surface area contributed by atoms with Crippen molar-refractivity contribution >= 4 is 57.9 Å². The van der Waals surface area contributed by atoms with Gasteiger partial charge in [-0.25, -0.2) is 14.8 Å². The highest BCUT2D eigenvalue weighted by Crippen LogP contribution is 2.34. The summed E-state index contributed by atoms with van der Waals surface area (Å²) in [5, 5.41) is 5.86. The van der Waals surface area contributed by atoms with Crippen LogP contribution in [-0.4, -0.2) is 58.3 Å². The summed E-state index contributed by atoms with van der Waals surface area (Å²) >= 11 is 5.87. The van der Waals surface area contributed by atoms with Crippen molar-refractivity contribution in [1.82, 2.24) is 14.9 Å². The van der Waals surface area contributed by atoms with E-state index in [4.69, 9.17) is 20.8 Å². The molecule has 0 spiro atoms. The summed E-state index contributed by atoms with van der Waals surface area (Å²) in [5.41, 5.74) is 0.586. The molecule has 1 saturated carbocycles. The number of furan rings is 1. The van der Waals surface area contributed by atoms with Gasteiger partial charge in [0.1, 0.15) is 17.0 Å². The maximum Gasteiger partial charge on any atom is 0.339 e. The Morgan fingerprint density at radius 3 is 2.55 bits per heavy atom. The minimum Gasteiger partial charge on any atom is -0.465 e. The molecule has 38 heavy (non-hydrogen) atoms. The van der Waals surface area contributed by atoms with Crippen molar-refractivity contribution in [2.45, 2.75) is 44.6 Å². The molecule has 1 saturated heterocycles. The molecule has 198 valence electrons. The van der Waals surface area contributed by atoms with Crippen LogP contribution in [0.2, 0.25) is 5.02 Å². The average Bonchev–Trinajstić information content (AvgIpc) is 3.52. The average molecular weight is 540 g/mol. The zero-order chi connectivity index (χ0) is 26.8. The lowest BCUT2D eigenvalue weighted by molar-refractivity contribution is -0.130. The first-order valence-corrected chi connectivity index (χ1v) is 12.8. The molecular weight excluding hydrogens is 514 g/mol. The molecule has 0 aromatic carbocycles. The number of amides is 3. The van der Waals surface area contributed by atoms with E-state index in [1.807, 2.05) is 4.90 Å². The minimum atomic E-state index is -0.663. The van der Waals surface area contributed by atoms with Gasteiger partial charge in [-0.3, -0.25) is 14.4 Å². The predicted molar refractivity (Wildman–Crippen MR) is 138 cm³/mol. The van der Waals surface area contributed by atoms with Crippen molar-refractivity contribution in [3.05, 3.63) is 46.9 Å². The van der Waals surface area contributed by atoms with Crippen LogP contribution >= 0.6 is 11.6 Å². The van der Waals surface area contributed by atoms with Gasteiger partial charge in [-0.1, -0.05) is 11.6 Å². The summed E-state index contributed by atoms with van der Waals surface area (Å²) in [6.07, 6.45) is 6.87. The molecule has 11 nitrogen and oxygen atoms in total. The second kappa shape index (κ2) is 10.8. The summed E-state index contributed by atoms with van der Waals surface area (Å²) in [5.74, 6) is -1.61. The quantitative estimate of drug-likeness (QED) is 0.447. The summed E-state index contributed by atoms with van der Waals surface area (Å²) in [4.78, 5) is 60.8. The van der Waals surface area contributed by atoms with E-state index in [9.17, 15) is 19.2 Å². The summed E-state index contributed by atoms with van der Waals surface area (Å²) in [6.45, 7) is 0.779. The van der Waals surface area contributed by atoms with Crippen molar-refractivity contribution in [2.75, 3.05) is 24.3 Å². The molecule has 0 atom stereocenters.